The molecular weight excluding hydrogens is 323 g/mol. The lowest BCUT2D eigenvalue weighted by atomic mass is 10.1. The highest BCUT2D eigenvalue weighted by molar-refractivity contribution is 5.65. The first kappa shape index (κ1) is 15.4. The predicted molar refractivity (Wildman–Crippen MR) is 88.5 cm³/mol. The summed E-state index contributed by atoms with van der Waals surface area (Å²) in [6.07, 6.45) is 6.24. The lowest BCUT2D eigenvalue weighted by molar-refractivity contribution is 0.0739. The zero-order valence-electron chi connectivity index (χ0n) is 13.6. The van der Waals surface area contributed by atoms with E-state index < -0.39 is 11.4 Å². The predicted octanol–water partition coefficient (Wildman–Crippen LogP) is 2.34. The molecular formula is C17H15FN6O. The second-order valence-corrected chi connectivity index (χ2v) is 6.19. The van der Waals surface area contributed by atoms with Crippen LogP contribution in [0.25, 0.3) is 22.7 Å². The molecule has 0 bridgehead atoms. The third-order valence-electron chi connectivity index (χ3n) is 3.91. The van der Waals surface area contributed by atoms with Crippen molar-refractivity contribution in [1.82, 2.24) is 29.1 Å². The Labute approximate surface area is 142 Å². The topological polar surface area (TPSA) is 81.1 Å². The maximum atomic E-state index is 14.1. The van der Waals surface area contributed by atoms with E-state index in [9.17, 15) is 9.50 Å². The van der Waals surface area contributed by atoms with Crippen molar-refractivity contribution >= 4 is 5.78 Å². The van der Waals surface area contributed by atoms with Gasteiger partial charge in [-0.3, -0.25) is 4.40 Å². The third kappa shape index (κ3) is 2.66. The van der Waals surface area contributed by atoms with Gasteiger partial charge >= 0.3 is 0 Å². The van der Waals surface area contributed by atoms with Crippen LogP contribution in [0.4, 0.5) is 4.39 Å². The first-order valence-electron chi connectivity index (χ1n) is 7.65. The minimum Gasteiger partial charge on any atom is -0.384 e. The summed E-state index contributed by atoms with van der Waals surface area (Å²) in [7, 11) is 0. The highest BCUT2D eigenvalue weighted by atomic mass is 19.1. The van der Waals surface area contributed by atoms with E-state index in [0.29, 0.717) is 17.2 Å². The van der Waals surface area contributed by atoms with Crippen LogP contribution < -0.4 is 0 Å². The van der Waals surface area contributed by atoms with Gasteiger partial charge < -0.3 is 5.11 Å². The Bertz CT molecular complexity index is 1050. The van der Waals surface area contributed by atoms with Crippen LogP contribution in [0.3, 0.4) is 0 Å². The van der Waals surface area contributed by atoms with E-state index in [4.69, 9.17) is 0 Å². The van der Waals surface area contributed by atoms with Crippen molar-refractivity contribution in [3.63, 3.8) is 0 Å². The van der Waals surface area contributed by atoms with Crippen molar-refractivity contribution in [3.8, 4) is 16.9 Å². The lowest BCUT2D eigenvalue weighted by Crippen LogP contribution is -2.18. The molecule has 8 heteroatoms. The molecule has 3 heterocycles. The van der Waals surface area contributed by atoms with Gasteiger partial charge in [0.05, 0.1) is 17.6 Å². The molecule has 0 fully saturated rings. The maximum Gasteiger partial charge on any atom is 0.234 e. The van der Waals surface area contributed by atoms with Gasteiger partial charge in [0, 0.05) is 11.8 Å². The number of hydrogen-bond donors (Lipinski definition) is 1. The number of aliphatic hydroxyl groups is 1. The third-order valence-corrected chi connectivity index (χ3v) is 3.91. The number of rotatable bonds is 3. The van der Waals surface area contributed by atoms with Gasteiger partial charge in [0.2, 0.25) is 5.78 Å². The summed E-state index contributed by atoms with van der Waals surface area (Å²) in [5.41, 5.74) is 1.29. The quantitative estimate of drug-likeness (QED) is 0.620. The largest absolute Gasteiger partial charge is 0.384 e. The fourth-order valence-corrected chi connectivity index (χ4v) is 2.61. The Kier molecular flexibility index (Phi) is 3.36. The van der Waals surface area contributed by atoms with Gasteiger partial charge in [-0.2, -0.15) is 5.10 Å². The van der Waals surface area contributed by atoms with E-state index in [2.05, 4.69) is 20.1 Å². The van der Waals surface area contributed by atoms with Crippen LogP contribution in [0.2, 0.25) is 0 Å². The van der Waals surface area contributed by atoms with Gasteiger partial charge in [0.15, 0.2) is 0 Å². The van der Waals surface area contributed by atoms with Crippen molar-refractivity contribution < 1.29 is 9.50 Å². The Balaban J connectivity index is 1.84. The number of aromatic nitrogens is 6. The van der Waals surface area contributed by atoms with Gasteiger partial charge in [-0.25, -0.2) is 24.0 Å². The van der Waals surface area contributed by atoms with E-state index in [1.165, 1.54) is 23.4 Å². The molecule has 0 spiro atoms. The smallest absolute Gasteiger partial charge is 0.234 e. The lowest BCUT2D eigenvalue weighted by Gasteiger charge is -2.16. The van der Waals surface area contributed by atoms with Crippen molar-refractivity contribution in [1.29, 1.82) is 0 Å². The summed E-state index contributed by atoms with van der Waals surface area (Å²) in [5.74, 6) is 0.0618. The minimum absolute atomic E-state index is 0.297. The standard InChI is InChI=1S/C17H15FN6O/c1-17(2,25)15-5-6-23-14(8-20-16(23)22-15)11-3-4-12(18)13(7-11)24-10-19-9-21-24/h3-10,25H,1-2H3. The molecule has 4 rings (SSSR count). The molecule has 0 amide bonds. The second-order valence-electron chi connectivity index (χ2n) is 6.19. The molecule has 3 aromatic heterocycles. The van der Waals surface area contributed by atoms with E-state index >= 15 is 0 Å². The Hall–Kier alpha value is -3.13. The Morgan fingerprint density at radius 3 is 2.76 bits per heavy atom. The van der Waals surface area contributed by atoms with Crippen LogP contribution in [0, 0.1) is 5.82 Å². The molecule has 0 saturated carbocycles. The van der Waals surface area contributed by atoms with Crippen molar-refractivity contribution in [2.24, 2.45) is 0 Å². The molecule has 0 aliphatic heterocycles. The average Bonchev–Trinajstić information content (AvgIpc) is 3.23. The number of nitrogens with zero attached hydrogens (tertiary/aromatic N) is 6. The van der Waals surface area contributed by atoms with Crippen molar-refractivity contribution in [3.05, 3.63) is 60.8 Å². The molecule has 0 saturated heterocycles. The van der Waals surface area contributed by atoms with Crippen LogP contribution >= 0.6 is 0 Å². The van der Waals surface area contributed by atoms with Crippen LogP contribution in [-0.4, -0.2) is 34.2 Å². The van der Waals surface area contributed by atoms with Crippen molar-refractivity contribution in [2.45, 2.75) is 19.4 Å². The van der Waals surface area contributed by atoms with Gasteiger partial charge in [-0.05, 0) is 38.1 Å². The molecule has 4 aromatic rings. The van der Waals surface area contributed by atoms with E-state index in [-0.39, 0.29) is 0 Å². The van der Waals surface area contributed by atoms with Crippen LogP contribution in [-0.2, 0) is 5.60 Å². The van der Waals surface area contributed by atoms with Crippen LogP contribution in [0.15, 0.2) is 49.3 Å². The highest BCUT2D eigenvalue weighted by Crippen LogP contribution is 2.25. The van der Waals surface area contributed by atoms with Crippen molar-refractivity contribution in [2.75, 3.05) is 0 Å². The van der Waals surface area contributed by atoms with Gasteiger partial charge in [-0.15, -0.1) is 0 Å². The average molecular weight is 338 g/mol. The Morgan fingerprint density at radius 2 is 2.04 bits per heavy atom. The molecule has 126 valence electrons. The summed E-state index contributed by atoms with van der Waals surface area (Å²) in [4.78, 5) is 12.5. The number of hydrogen-bond acceptors (Lipinski definition) is 5. The summed E-state index contributed by atoms with van der Waals surface area (Å²) < 4.78 is 17.3. The second kappa shape index (κ2) is 5.45. The molecule has 25 heavy (non-hydrogen) atoms. The maximum absolute atomic E-state index is 14.1. The Morgan fingerprint density at radius 1 is 1.20 bits per heavy atom. The van der Waals surface area contributed by atoms with Gasteiger partial charge in [0.1, 0.15) is 29.8 Å². The first-order chi connectivity index (χ1) is 11.9. The zero-order valence-corrected chi connectivity index (χ0v) is 13.6. The first-order valence-corrected chi connectivity index (χ1v) is 7.65. The molecule has 0 unspecified atom stereocenters. The minimum atomic E-state index is -1.05. The number of imidazole rings is 1. The van der Waals surface area contributed by atoms with E-state index in [1.54, 1.807) is 48.8 Å². The number of fused-ring (bicyclic) bond motifs is 1. The molecule has 0 aliphatic rings. The van der Waals surface area contributed by atoms with Gasteiger partial charge in [-0.1, -0.05) is 0 Å². The van der Waals surface area contributed by atoms with Crippen LogP contribution in [0.5, 0.6) is 0 Å². The molecule has 0 aliphatic carbocycles. The molecule has 1 aromatic carbocycles. The highest BCUT2D eigenvalue weighted by Gasteiger charge is 2.19. The molecule has 7 nitrogen and oxygen atoms in total. The summed E-state index contributed by atoms with van der Waals surface area (Å²) in [6.45, 7) is 3.33. The SMILES string of the molecule is CC(C)(O)c1ccn2c(-c3ccc(F)c(-n4cncn4)c3)cnc2n1. The normalized spacial score (nSPS) is 12.0. The van der Waals surface area contributed by atoms with Crippen LogP contribution in [0.1, 0.15) is 19.5 Å². The van der Waals surface area contributed by atoms with E-state index in [0.717, 1.165) is 11.3 Å². The fourth-order valence-electron chi connectivity index (χ4n) is 2.61. The summed E-state index contributed by atoms with van der Waals surface area (Å²) in [6, 6.07) is 6.46. The van der Waals surface area contributed by atoms with Gasteiger partial charge in [0.25, 0.3) is 0 Å². The van der Waals surface area contributed by atoms with E-state index in [1.807, 2.05) is 0 Å². The monoisotopic (exact) mass is 338 g/mol. The fraction of sp³-hybridized carbons (Fsp3) is 0.176. The zero-order chi connectivity index (χ0) is 17.6. The summed E-state index contributed by atoms with van der Waals surface area (Å²) in [5, 5.41) is 14.1. The molecule has 0 atom stereocenters. The molecule has 0 radical (unpaired) electrons. The summed E-state index contributed by atoms with van der Waals surface area (Å²) >= 11 is 0. The number of halogens is 1. The number of benzene rings is 1. The molecule has 1 N–H and O–H groups in total.